The Hall–Kier alpha value is 0.0200. The molecule has 0 saturated heterocycles. The zero-order chi connectivity index (χ0) is 12.4. The lowest BCUT2D eigenvalue weighted by Crippen LogP contribution is -2.43. The Morgan fingerprint density at radius 1 is 1.47 bits per heavy atom. The van der Waals surface area contributed by atoms with Gasteiger partial charge in [-0.15, -0.1) is 0 Å². The van der Waals surface area contributed by atoms with Gasteiger partial charge < -0.3 is 5.48 Å². The van der Waals surface area contributed by atoms with Crippen LogP contribution in [0.2, 0.25) is 0 Å². The van der Waals surface area contributed by atoms with Gasteiger partial charge in [0.25, 0.3) is 10.1 Å². The molecule has 17 heavy (non-hydrogen) atoms. The van der Waals surface area contributed by atoms with Crippen molar-refractivity contribution >= 4 is 31.8 Å². The van der Waals surface area contributed by atoms with Gasteiger partial charge in [-0.05, 0) is 24.2 Å². The van der Waals surface area contributed by atoms with E-state index in [-0.39, 0.29) is 27.4 Å². The van der Waals surface area contributed by atoms with Crippen LogP contribution in [0.3, 0.4) is 0 Å². The van der Waals surface area contributed by atoms with E-state index in [1.165, 1.54) is 0 Å². The van der Waals surface area contributed by atoms with Crippen molar-refractivity contribution < 1.29 is 23.2 Å². The molecule has 2 aliphatic carbocycles. The van der Waals surface area contributed by atoms with Crippen molar-refractivity contribution in [1.29, 1.82) is 0 Å². The smallest absolute Gasteiger partial charge is 0.265 e. The number of rotatable bonds is 2. The van der Waals surface area contributed by atoms with Crippen LogP contribution in [0, 0.1) is 16.7 Å². The Morgan fingerprint density at radius 3 is 2.35 bits per heavy atom. The van der Waals surface area contributed by atoms with Crippen molar-refractivity contribution in [2.24, 2.45) is 16.7 Å². The fourth-order valence-electron chi connectivity index (χ4n) is 3.48. The molecule has 0 spiro atoms. The number of ketones is 1. The molecular formula is C10H17BrO5S. The summed E-state index contributed by atoms with van der Waals surface area (Å²) in [6.07, 6.45) is 1.40. The van der Waals surface area contributed by atoms with E-state index < -0.39 is 21.3 Å². The summed E-state index contributed by atoms with van der Waals surface area (Å²) in [7, 11) is -4.12. The van der Waals surface area contributed by atoms with Gasteiger partial charge in [-0.1, -0.05) is 29.8 Å². The predicted molar refractivity (Wildman–Crippen MR) is 66.7 cm³/mol. The van der Waals surface area contributed by atoms with Crippen LogP contribution in [-0.4, -0.2) is 34.8 Å². The Morgan fingerprint density at radius 2 is 2.00 bits per heavy atom. The molecule has 0 amide bonds. The number of carbonyl (C=O) groups is 1. The van der Waals surface area contributed by atoms with Gasteiger partial charge in [-0.25, -0.2) is 0 Å². The fraction of sp³-hybridized carbons (Fsp3) is 0.900. The average Bonchev–Trinajstić information content (AvgIpc) is 2.39. The van der Waals surface area contributed by atoms with Crippen LogP contribution in [0.4, 0.5) is 0 Å². The molecule has 0 aromatic heterocycles. The minimum Gasteiger partial charge on any atom is -0.412 e. The highest BCUT2D eigenvalue weighted by atomic mass is 79.9. The molecule has 2 bridgehead atoms. The van der Waals surface area contributed by atoms with Gasteiger partial charge in [-0.3, -0.25) is 9.35 Å². The van der Waals surface area contributed by atoms with Crippen LogP contribution in [0.25, 0.3) is 0 Å². The first-order chi connectivity index (χ1) is 7.12. The Bertz CT molecular complexity index is 444. The van der Waals surface area contributed by atoms with E-state index in [1.807, 2.05) is 13.8 Å². The van der Waals surface area contributed by atoms with Gasteiger partial charge in [0.05, 0.1) is 16.0 Å². The molecule has 5 nitrogen and oxygen atoms in total. The van der Waals surface area contributed by atoms with Crippen molar-refractivity contribution in [3.05, 3.63) is 0 Å². The molecule has 0 radical (unpaired) electrons. The summed E-state index contributed by atoms with van der Waals surface area (Å²) in [4.78, 5) is 11.9. The second-order valence-corrected chi connectivity index (χ2v) is 7.88. The van der Waals surface area contributed by atoms with Gasteiger partial charge in [-0.2, -0.15) is 8.42 Å². The first kappa shape index (κ1) is 15.1. The Balaban J connectivity index is 0.00000144. The van der Waals surface area contributed by atoms with Gasteiger partial charge in [0, 0.05) is 0 Å². The molecule has 7 heteroatoms. The predicted octanol–water partition coefficient (Wildman–Crippen LogP) is 0.818. The lowest BCUT2D eigenvalue weighted by atomic mass is 9.70. The molecule has 0 aliphatic heterocycles. The third kappa shape index (κ3) is 1.87. The summed E-state index contributed by atoms with van der Waals surface area (Å²) in [6.45, 7) is 3.85. The minimum atomic E-state index is -4.12. The molecule has 2 saturated carbocycles. The van der Waals surface area contributed by atoms with Crippen LogP contribution in [0.5, 0.6) is 0 Å². The topological polar surface area (TPSA) is 103 Å². The van der Waals surface area contributed by atoms with Gasteiger partial charge >= 0.3 is 0 Å². The number of hydrogen-bond donors (Lipinski definition) is 1. The summed E-state index contributed by atoms with van der Waals surface area (Å²) in [6, 6.07) is 0. The summed E-state index contributed by atoms with van der Waals surface area (Å²) in [5.41, 5.74) is -1.27. The molecule has 0 aromatic carbocycles. The van der Waals surface area contributed by atoms with Crippen LogP contribution in [0.15, 0.2) is 0 Å². The van der Waals surface area contributed by atoms with Crippen LogP contribution in [0.1, 0.15) is 26.7 Å². The van der Waals surface area contributed by atoms with E-state index in [2.05, 4.69) is 15.9 Å². The van der Waals surface area contributed by atoms with Crippen molar-refractivity contribution in [2.75, 3.05) is 5.75 Å². The number of hydrogen-bond acceptors (Lipinski definition) is 3. The van der Waals surface area contributed by atoms with Crippen LogP contribution in [-0.2, 0) is 14.9 Å². The monoisotopic (exact) mass is 328 g/mol. The van der Waals surface area contributed by atoms with E-state index in [4.69, 9.17) is 4.55 Å². The second-order valence-electron chi connectivity index (χ2n) is 5.44. The average molecular weight is 329 g/mol. The van der Waals surface area contributed by atoms with E-state index >= 15 is 0 Å². The van der Waals surface area contributed by atoms with E-state index in [1.54, 1.807) is 0 Å². The van der Waals surface area contributed by atoms with Crippen LogP contribution >= 0.6 is 15.9 Å². The fourth-order valence-corrected chi connectivity index (χ4v) is 6.12. The molecule has 100 valence electrons. The van der Waals surface area contributed by atoms with Gasteiger partial charge in [0.1, 0.15) is 0 Å². The van der Waals surface area contributed by atoms with E-state index in [0.717, 1.165) is 6.42 Å². The normalized spacial score (nSPS) is 39.2. The number of fused-ring (bicyclic) bond motifs is 2. The molecule has 3 N–H and O–H groups in total. The molecule has 2 aliphatic rings. The highest BCUT2D eigenvalue weighted by molar-refractivity contribution is 9.10. The molecule has 2 fully saturated rings. The largest absolute Gasteiger partial charge is 0.412 e. The number of alkyl halides is 1. The summed E-state index contributed by atoms with van der Waals surface area (Å²) in [5.74, 6) is -0.335. The van der Waals surface area contributed by atoms with Crippen molar-refractivity contribution in [1.82, 2.24) is 0 Å². The number of Topliss-reactive ketones (excluding diaryl/α,β-unsaturated/α-hetero) is 1. The standard InChI is InChI=1S/C10H15BrO4S.H2O/c1-9(2)6-3-4-10(9,5-16(13,14)15)8(12)7(6)11;/h6-7H,3-5H2,1-2H3,(H,13,14,15);1H2/t6-,7?,10-;/m0./s1. The lowest BCUT2D eigenvalue weighted by molar-refractivity contribution is -0.127. The maximum Gasteiger partial charge on any atom is 0.265 e. The van der Waals surface area contributed by atoms with Crippen molar-refractivity contribution in [3.63, 3.8) is 0 Å². The quantitative estimate of drug-likeness (QED) is 0.598. The maximum absolute atomic E-state index is 12.2. The SMILES string of the molecule is CC1(C)[C@H]2CC[C@]1(CS(=O)(=O)O)C(=O)C2Br.O. The summed E-state index contributed by atoms with van der Waals surface area (Å²) < 4.78 is 31.2. The molecular weight excluding hydrogens is 312 g/mol. The third-order valence-electron chi connectivity index (χ3n) is 4.55. The number of carbonyl (C=O) groups excluding carboxylic acids is 1. The molecule has 1 unspecified atom stereocenters. The zero-order valence-corrected chi connectivity index (χ0v) is 12.1. The first-order valence-corrected chi connectivity index (χ1v) is 7.78. The minimum absolute atomic E-state index is 0. The molecule has 0 aromatic rings. The third-order valence-corrected chi connectivity index (χ3v) is 6.46. The van der Waals surface area contributed by atoms with Gasteiger partial charge in [0.2, 0.25) is 0 Å². The van der Waals surface area contributed by atoms with E-state index in [9.17, 15) is 13.2 Å². The Labute approximate surface area is 109 Å². The summed E-state index contributed by atoms with van der Waals surface area (Å²) in [5, 5.41) is 0. The number of halogens is 1. The van der Waals surface area contributed by atoms with E-state index in [0.29, 0.717) is 6.42 Å². The summed E-state index contributed by atoms with van der Waals surface area (Å²) >= 11 is 3.35. The second kappa shape index (κ2) is 4.01. The highest BCUT2D eigenvalue weighted by Crippen LogP contribution is 2.65. The first-order valence-electron chi connectivity index (χ1n) is 5.25. The van der Waals surface area contributed by atoms with Crippen molar-refractivity contribution in [3.8, 4) is 0 Å². The maximum atomic E-state index is 12.2. The van der Waals surface area contributed by atoms with Gasteiger partial charge in [0.15, 0.2) is 5.78 Å². The highest BCUT2D eigenvalue weighted by Gasteiger charge is 2.69. The Kier molecular flexibility index (Phi) is 3.56. The zero-order valence-electron chi connectivity index (χ0n) is 9.73. The lowest BCUT2D eigenvalue weighted by Gasteiger charge is -2.35. The molecule has 2 rings (SSSR count). The van der Waals surface area contributed by atoms with Crippen LogP contribution < -0.4 is 0 Å². The molecule has 3 atom stereocenters. The molecule has 0 heterocycles. The van der Waals surface area contributed by atoms with Crippen molar-refractivity contribution in [2.45, 2.75) is 31.5 Å².